The number of fused-ring (bicyclic) bond motifs is 1. The normalized spacial score (nSPS) is 15.8. The third-order valence-electron chi connectivity index (χ3n) is 5.33. The minimum atomic E-state index is -0.0440. The lowest BCUT2D eigenvalue weighted by molar-refractivity contribution is 0.0935. The van der Waals surface area contributed by atoms with Crippen LogP contribution >= 0.6 is 23.1 Å². The van der Waals surface area contributed by atoms with Crippen molar-refractivity contribution in [1.29, 1.82) is 0 Å². The molecule has 28 heavy (non-hydrogen) atoms. The Morgan fingerprint density at radius 1 is 1.18 bits per heavy atom. The molecule has 1 aromatic heterocycles. The second-order valence-corrected chi connectivity index (χ2v) is 9.11. The van der Waals surface area contributed by atoms with E-state index in [2.05, 4.69) is 45.7 Å². The highest BCUT2D eigenvalue weighted by molar-refractivity contribution is 7.98. The van der Waals surface area contributed by atoms with Crippen LogP contribution in [0.25, 0.3) is 10.2 Å². The molecule has 1 saturated heterocycles. The third-order valence-corrected chi connectivity index (χ3v) is 7.21. The van der Waals surface area contributed by atoms with Gasteiger partial charge in [0.2, 0.25) is 0 Å². The Labute approximate surface area is 174 Å². The number of para-hydroxylation sites is 1. The number of nitrogens with zero attached hydrogens (tertiary/aromatic N) is 2. The molecule has 1 N–H and O–H groups in total. The van der Waals surface area contributed by atoms with E-state index >= 15 is 0 Å². The van der Waals surface area contributed by atoms with Gasteiger partial charge >= 0.3 is 0 Å². The highest BCUT2D eigenvalue weighted by atomic mass is 32.2. The standard InChI is InChI=1S/C22H25N3OS2/c1-27-19-8-4-2-6-17(19)15-25-12-10-16(11-13-25)14-23-21(26)22-24-18-7-3-5-9-20(18)28-22/h2-9,16H,10-15H2,1H3,(H,23,26). The highest BCUT2D eigenvalue weighted by Crippen LogP contribution is 2.25. The van der Waals surface area contributed by atoms with E-state index in [9.17, 15) is 4.79 Å². The zero-order chi connectivity index (χ0) is 19.3. The number of rotatable bonds is 6. The van der Waals surface area contributed by atoms with Crippen LogP contribution in [0.5, 0.6) is 0 Å². The van der Waals surface area contributed by atoms with Crippen LogP contribution in [0.1, 0.15) is 28.2 Å². The van der Waals surface area contributed by atoms with Crippen LogP contribution in [0.3, 0.4) is 0 Å². The van der Waals surface area contributed by atoms with Crippen LogP contribution in [0.15, 0.2) is 53.4 Å². The Kier molecular flexibility index (Phi) is 6.29. The quantitative estimate of drug-likeness (QED) is 0.599. The molecule has 1 amide bonds. The largest absolute Gasteiger partial charge is 0.350 e. The van der Waals surface area contributed by atoms with E-state index in [4.69, 9.17) is 0 Å². The molecule has 2 heterocycles. The van der Waals surface area contributed by atoms with Crippen molar-refractivity contribution in [1.82, 2.24) is 15.2 Å². The Morgan fingerprint density at radius 3 is 2.71 bits per heavy atom. The molecule has 4 nitrogen and oxygen atoms in total. The van der Waals surface area contributed by atoms with Gasteiger partial charge in [0.1, 0.15) is 0 Å². The second kappa shape index (κ2) is 9.07. The molecule has 0 unspecified atom stereocenters. The summed E-state index contributed by atoms with van der Waals surface area (Å²) in [5.74, 6) is 0.503. The summed E-state index contributed by atoms with van der Waals surface area (Å²) >= 11 is 3.28. The van der Waals surface area contributed by atoms with E-state index in [1.807, 2.05) is 36.0 Å². The first-order chi connectivity index (χ1) is 13.7. The lowest BCUT2D eigenvalue weighted by Crippen LogP contribution is -2.38. The first-order valence-corrected chi connectivity index (χ1v) is 11.7. The van der Waals surface area contributed by atoms with E-state index < -0.39 is 0 Å². The van der Waals surface area contributed by atoms with Crippen LogP contribution in [-0.2, 0) is 6.54 Å². The van der Waals surface area contributed by atoms with Crippen molar-refractivity contribution in [2.24, 2.45) is 5.92 Å². The fourth-order valence-electron chi connectivity index (χ4n) is 3.71. The Morgan fingerprint density at radius 2 is 1.93 bits per heavy atom. The van der Waals surface area contributed by atoms with Gasteiger partial charge in [-0.2, -0.15) is 0 Å². The fraction of sp³-hybridized carbons (Fsp3) is 0.364. The van der Waals surface area contributed by atoms with Crippen LogP contribution in [0.2, 0.25) is 0 Å². The van der Waals surface area contributed by atoms with Gasteiger partial charge in [0.15, 0.2) is 5.01 Å². The predicted molar refractivity (Wildman–Crippen MR) is 118 cm³/mol. The van der Waals surface area contributed by atoms with Gasteiger partial charge in [-0.1, -0.05) is 30.3 Å². The molecule has 0 radical (unpaired) electrons. The molecule has 0 saturated carbocycles. The molecule has 0 atom stereocenters. The molecular formula is C22H25N3OS2. The van der Waals surface area contributed by atoms with Gasteiger partial charge in [-0.15, -0.1) is 23.1 Å². The minimum absolute atomic E-state index is 0.0440. The number of likely N-dealkylation sites (tertiary alicyclic amines) is 1. The van der Waals surface area contributed by atoms with Crippen molar-refractivity contribution in [2.75, 3.05) is 25.9 Å². The second-order valence-electron chi connectivity index (χ2n) is 7.23. The maximum atomic E-state index is 12.5. The summed E-state index contributed by atoms with van der Waals surface area (Å²) in [6.07, 6.45) is 4.39. The average molecular weight is 412 g/mol. The van der Waals surface area contributed by atoms with E-state index in [0.717, 1.165) is 49.2 Å². The molecule has 1 aliphatic heterocycles. The number of benzene rings is 2. The van der Waals surface area contributed by atoms with Gasteiger partial charge in [-0.25, -0.2) is 4.98 Å². The zero-order valence-corrected chi connectivity index (χ0v) is 17.7. The van der Waals surface area contributed by atoms with E-state index in [1.165, 1.54) is 21.8 Å². The summed E-state index contributed by atoms with van der Waals surface area (Å²) in [6, 6.07) is 16.6. The molecule has 146 valence electrons. The smallest absolute Gasteiger partial charge is 0.280 e. The Bertz CT molecular complexity index is 915. The van der Waals surface area contributed by atoms with Crippen LogP contribution in [-0.4, -0.2) is 41.7 Å². The zero-order valence-electron chi connectivity index (χ0n) is 16.1. The first-order valence-electron chi connectivity index (χ1n) is 9.71. The number of thiazole rings is 1. The Hall–Kier alpha value is -1.89. The first kappa shape index (κ1) is 19.4. The number of aromatic nitrogens is 1. The van der Waals surface area contributed by atoms with E-state index in [1.54, 1.807) is 0 Å². The molecule has 0 spiro atoms. The van der Waals surface area contributed by atoms with Gasteiger partial charge < -0.3 is 5.32 Å². The van der Waals surface area contributed by atoms with Gasteiger partial charge in [0.25, 0.3) is 5.91 Å². The lowest BCUT2D eigenvalue weighted by atomic mass is 9.96. The number of nitrogens with one attached hydrogen (secondary N) is 1. The maximum absolute atomic E-state index is 12.5. The van der Waals surface area contributed by atoms with Gasteiger partial charge in [-0.05, 0) is 61.9 Å². The topological polar surface area (TPSA) is 45.2 Å². The Balaban J connectivity index is 1.26. The summed E-state index contributed by atoms with van der Waals surface area (Å²) in [5, 5.41) is 3.66. The van der Waals surface area contributed by atoms with E-state index in [0.29, 0.717) is 10.9 Å². The van der Waals surface area contributed by atoms with Crippen molar-refractivity contribution < 1.29 is 4.79 Å². The number of hydrogen-bond donors (Lipinski definition) is 1. The molecule has 0 aliphatic carbocycles. The van der Waals surface area contributed by atoms with Crippen molar-refractivity contribution in [3.8, 4) is 0 Å². The summed E-state index contributed by atoms with van der Waals surface area (Å²) in [4.78, 5) is 20.8. The number of hydrogen-bond acceptors (Lipinski definition) is 5. The molecule has 4 rings (SSSR count). The molecule has 6 heteroatoms. The summed E-state index contributed by atoms with van der Waals surface area (Å²) < 4.78 is 1.06. The number of thioether (sulfide) groups is 1. The van der Waals surface area contributed by atoms with E-state index in [-0.39, 0.29) is 5.91 Å². The van der Waals surface area contributed by atoms with Crippen molar-refractivity contribution >= 4 is 39.2 Å². The summed E-state index contributed by atoms with van der Waals surface area (Å²) in [5.41, 5.74) is 2.31. The monoisotopic (exact) mass is 411 g/mol. The number of amides is 1. The molecule has 2 aromatic carbocycles. The molecule has 1 aliphatic rings. The summed E-state index contributed by atoms with van der Waals surface area (Å²) in [7, 11) is 0. The highest BCUT2D eigenvalue weighted by Gasteiger charge is 2.21. The molecule has 1 fully saturated rings. The third kappa shape index (κ3) is 4.57. The predicted octanol–water partition coefficient (Wildman–Crippen LogP) is 4.66. The van der Waals surface area contributed by atoms with Crippen molar-refractivity contribution in [3.63, 3.8) is 0 Å². The summed E-state index contributed by atoms with van der Waals surface area (Å²) in [6.45, 7) is 3.93. The number of carbonyl (C=O) groups excluding carboxylic acids is 1. The fourth-order valence-corrected chi connectivity index (χ4v) is 5.20. The van der Waals surface area contributed by atoms with Crippen molar-refractivity contribution in [2.45, 2.75) is 24.3 Å². The molecule has 3 aromatic rings. The van der Waals surface area contributed by atoms with Gasteiger partial charge in [0, 0.05) is 18.0 Å². The van der Waals surface area contributed by atoms with Crippen LogP contribution in [0, 0.1) is 5.92 Å². The maximum Gasteiger partial charge on any atom is 0.280 e. The lowest BCUT2D eigenvalue weighted by Gasteiger charge is -2.32. The number of piperidine rings is 1. The minimum Gasteiger partial charge on any atom is -0.350 e. The molecular weight excluding hydrogens is 386 g/mol. The van der Waals surface area contributed by atoms with Gasteiger partial charge in [-0.3, -0.25) is 9.69 Å². The SMILES string of the molecule is CSc1ccccc1CN1CCC(CNC(=O)c2nc3ccccc3s2)CC1. The number of carbonyl (C=O) groups is 1. The van der Waals surface area contributed by atoms with Crippen LogP contribution in [0.4, 0.5) is 0 Å². The van der Waals surface area contributed by atoms with Crippen molar-refractivity contribution in [3.05, 3.63) is 59.1 Å². The molecule has 0 bridgehead atoms. The average Bonchev–Trinajstić information content (AvgIpc) is 3.18. The van der Waals surface area contributed by atoms with Crippen LogP contribution < -0.4 is 5.32 Å². The van der Waals surface area contributed by atoms with Gasteiger partial charge in [0.05, 0.1) is 10.2 Å².